The summed E-state index contributed by atoms with van der Waals surface area (Å²) in [5, 5.41) is 4.40. The molecule has 0 unspecified atom stereocenters. The molecule has 21 heavy (non-hydrogen) atoms. The molecule has 112 valence electrons. The summed E-state index contributed by atoms with van der Waals surface area (Å²) in [5.41, 5.74) is 5.91. The summed E-state index contributed by atoms with van der Waals surface area (Å²) in [5.74, 6) is 1.37. The number of halogens is 1. The third-order valence-electron chi connectivity index (χ3n) is 4.45. The van der Waals surface area contributed by atoms with Crippen LogP contribution in [0.1, 0.15) is 36.0 Å². The number of hydrogen-bond acceptors (Lipinski definition) is 2. The molecule has 3 atom stereocenters. The maximum absolute atomic E-state index is 11.9. The summed E-state index contributed by atoms with van der Waals surface area (Å²) in [6.07, 6.45) is 5.16. The SMILES string of the molecule is O=C(NNC(=S)N[C@@H]1C[C@H]2CC[C@@H]1C2)c1ccc(Cl)cc1. The molecule has 4 nitrogen and oxygen atoms in total. The Labute approximate surface area is 134 Å². The number of rotatable bonds is 2. The van der Waals surface area contributed by atoms with E-state index in [1.165, 1.54) is 25.7 Å². The van der Waals surface area contributed by atoms with E-state index in [0.717, 1.165) is 11.8 Å². The molecule has 0 aliphatic heterocycles. The molecule has 0 spiro atoms. The third-order valence-corrected chi connectivity index (χ3v) is 4.92. The topological polar surface area (TPSA) is 53.2 Å². The smallest absolute Gasteiger partial charge is 0.269 e. The molecule has 1 aromatic carbocycles. The van der Waals surface area contributed by atoms with Gasteiger partial charge >= 0.3 is 0 Å². The van der Waals surface area contributed by atoms with E-state index in [1.807, 2.05) is 0 Å². The second kappa shape index (κ2) is 6.20. The van der Waals surface area contributed by atoms with Gasteiger partial charge in [-0.15, -0.1) is 0 Å². The van der Waals surface area contributed by atoms with Crippen molar-refractivity contribution in [3.8, 4) is 0 Å². The van der Waals surface area contributed by atoms with Crippen LogP contribution in [0.2, 0.25) is 5.02 Å². The Morgan fingerprint density at radius 1 is 1.14 bits per heavy atom. The van der Waals surface area contributed by atoms with E-state index in [1.54, 1.807) is 24.3 Å². The molecular weight excluding hydrogens is 306 g/mol. The van der Waals surface area contributed by atoms with Crippen LogP contribution in [0.4, 0.5) is 0 Å². The molecule has 3 N–H and O–H groups in total. The summed E-state index contributed by atoms with van der Waals surface area (Å²) < 4.78 is 0. The summed E-state index contributed by atoms with van der Waals surface area (Å²) in [6, 6.07) is 7.17. The molecule has 2 aliphatic rings. The Hall–Kier alpha value is -1.33. The molecule has 2 fully saturated rings. The Balaban J connectivity index is 1.45. The monoisotopic (exact) mass is 323 g/mol. The zero-order chi connectivity index (χ0) is 14.8. The molecule has 1 aromatic rings. The van der Waals surface area contributed by atoms with Gasteiger partial charge in [-0.1, -0.05) is 18.0 Å². The Bertz CT molecular complexity index is 548. The van der Waals surface area contributed by atoms with Crippen LogP contribution in [0.5, 0.6) is 0 Å². The van der Waals surface area contributed by atoms with Crippen LogP contribution in [0.15, 0.2) is 24.3 Å². The highest BCUT2D eigenvalue weighted by Gasteiger charge is 2.39. The summed E-state index contributed by atoms with van der Waals surface area (Å²) in [4.78, 5) is 11.9. The van der Waals surface area contributed by atoms with E-state index < -0.39 is 0 Å². The van der Waals surface area contributed by atoms with Gasteiger partial charge in [-0.2, -0.15) is 0 Å². The first-order chi connectivity index (χ1) is 10.1. The molecule has 0 radical (unpaired) electrons. The maximum atomic E-state index is 11.9. The first kappa shape index (κ1) is 14.6. The van der Waals surface area contributed by atoms with Crippen molar-refractivity contribution < 1.29 is 4.79 Å². The number of carbonyl (C=O) groups is 1. The minimum absolute atomic E-state index is 0.233. The van der Waals surface area contributed by atoms with Crippen molar-refractivity contribution in [3.63, 3.8) is 0 Å². The average Bonchev–Trinajstić information content (AvgIpc) is 3.08. The second-order valence-electron chi connectivity index (χ2n) is 5.84. The number of nitrogens with one attached hydrogen (secondary N) is 3. The van der Waals surface area contributed by atoms with Crippen molar-refractivity contribution in [2.75, 3.05) is 0 Å². The lowest BCUT2D eigenvalue weighted by atomic mass is 9.96. The molecule has 2 aliphatic carbocycles. The first-order valence-electron chi connectivity index (χ1n) is 7.24. The van der Waals surface area contributed by atoms with Crippen LogP contribution >= 0.6 is 23.8 Å². The van der Waals surface area contributed by atoms with Gasteiger partial charge < -0.3 is 5.32 Å². The van der Waals surface area contributed by atoms with Crippen molar-refractivity contribution in [2.24, 2.45) is 11.8 Å². The molecule has 1 amide bonds. The lowest BCUT2D eigenvalue weighted by Crippen LogP contribution is -2.50. The van der Waals surface area contributed by atoms with Gasteiger partial charge in [0.2, 0.25) is 0 Å². The van der Waals surface area contributed by atoms with Crippen LogP contribution in [-0.2, 0) is 0 Å². The molecule has 0 heterocycles. The van der Waals surface area contributed by atoms with Gasteiger partial charge in [-0.3, -0.25) is 15.6 Å². The number of carbonyl (C=O) groups excluding carboxylic acids is 1. The predicted octanol–water partition coefficient (Wildman–Crippen LogP) is 2.64. The van der Waals surface area contributed by atoms with E-state index >= 15 is 0 Å². The van der Waals surface area contributed by atoms with Crippen molar-refractivity contribution >= 4 is 34.8 Å². The van der Waals surface area contributed by atoms with E-state index in [0.29, 0.717) is 21.7 Å². The lowest BCUT2D eigenvalue weighted by Gasteiger charge is -2.24. The number of fused-ring (bicyclic) bond motifs is 2. The van der Waals surface area contributed by atoms with Crippen molar-refractivity contribution in [3.05, 3.63) is 34.9 Å². The van der Waals surface area contributed by atoms with Gasteiger partial charge in [0.15, 0.2) is 5.11 Å². The van der Waals surface area contributed by atoms with Crippen molar-refractivity contribution in [2.45, 2.75) is 31.7 Å². The Morgan fingerprint density at radius 2 is 1.90 bits per heavy atom. The number of thiocarbonyl (C=S) groups is 1. The zero-order valence-corrected chi connectivity index (χ0v) is 13.1. The number of amides is 1. The summed E-state index contributed by atoms with van der Waals surface area (Å²) in [6.45, 7) is 0. The molecular formula is C15H18ClN3OS. The highest BCUT2D eigenvalue weighted by molar-refractivity contribution is 7.80. The normalized spacial score (nSPS) is 26.4. The Morgan fingerprint density at radius 3 is 2.52 bits per heavy atom. The largest absolute Gasteiger partial charge is 0.358 e. The van der Waals surface area contributed by atoms with E-state index in [4.69, 9.17) is 23.8 Å². The first-order valence-corrected chi connectivity index (χ1v) is 8.03. The van der Waals surface area contributed by atoms with Gasteiger partial charge in [0.25, 0.3) is 5.91 Å². The maximum Gasteiger partial charge on any atom is 0.269 e. The second-order valence-corrected chi connectivity index (χ2v) is 6.69. The minimum atomic E-state index is -0.233. The number of hydrogen-bond donors (Lipinski definition) is 3. The van der Waals surface area contributed by atoms with E-state index in [-0.39, 0.29) is 5.91 Å². The molecule has 0 aromatic heterocycles. The fourth-order valence-electron chi connectivity index (χ4n) is 3.41. The fourth-order valence-corrected chi connectivity index (χ4v) is 3.74. The molecule has 2 bridgehead atoms. The van der Waals surface area contributed by atoms with Crippen LogP contribution < -0.4 is 16.2 Å². The van der Waals surface area contributed by atoms with Crippen LogP contribution in [0, 0.1) is 11.8 Å². The average molecular weight is 324 g/mol. The van der Waals surface area contributed by atoms with Crippen molar-refractivity contribution in [1.29, 1.82) is 0 Å². The Kier molecular flexibility index (Phi) is 4.31. The molecule has 3 rings (SSSR count). The highest BCUT2D eigenvalue weighted by atomic mass is 35.5. The summed E-state index contributed by atoms with van der Waals surface area (Å²) >= 11 is 11.0. The van der Waals surface area contributed by atoms with Crippen LogP contribution in [0.3, 0.4) is 0 Å². The fraction of sp³-hybridized carbons (Fsp3) is 0.467. The zero-order valence-electron chi connectivity index (χ0n) is 11.6. The number of benzene rings is 1. The quantitative estimate of drug-likeness (QED) is 0.578. The molecule has 2 saturated carbocycles. The highest BCUT2D eigenvalue weighted by Crippen LogP contribution is 2.44. The number of hydrazine groups is 1. The van der Waals surface area contributed by atoms with Gasteiger partial charge in [-0.25, -0.2) is 0 Å². The van der Waals surface area contributed by atoms with Gasteiger partial charge in [0.1, 0.15) is 0 Å². The van der Waals surface area contributed by atoms with Gasteiger partial charge in [-0.05, 0) is 67.6 Å². The third kappa shape index (κ3) is 3.47. The van der Waals surface area contributed by atoms with Crippen LogP contribution in [-0.4, -0.2) is 17.1 Å². The summed E-state index contributed by atoms with van der Waals surface area (Å²) in [7, 11) is 0. The molecule has 0 saturated heterocycles. The van der Waals surface area contributed by atoms with Crippen molar-refractivity contribution in [1.82, 2.24) is 16.2 Å². The van der Waals surface area contributed by atoms with Gasteiger partial charge in [0, 0.05) is 16.6 Å². The van der Waals surface area contributed by atoms with Crippen LogP contribution in [0.25, 0.3) is 0 Å². The van der Waals surface area contributed by atoms with E-state index in [9.17, 15) is 4.79 Å². The predicted molar refractivity (Wildman–Crippen MR) is 87.0 cm³/mol. The van der Waals surface area contributed by atoms with E-state index in [2.05, 4.69) is 16.2 Å². The van der Waals surface area contributed by atoms with Gasteiger partial charge in [0.05, 0.1) is 0 Å². The standard InChI is InChI=1S/C15H18ClN3OS/c16-12-5-3-10(4-6-12)14(20)18-19-15(21)17-13-8-9-1-2-11(13)7-9/h3-6,9,11,13H,1-2,7-8H2,(H,18,20)(H2,17,19,21)/t9-,11+,13+/m0/s1. The lowest BCUT2D eigenvalue weighted by molar-refractivity contribution is 0.0943. The molecule has 6 heteroatoms. The minimum Gasteiger partial charge on any atom is -0.358 e.